The number of halogens is 1. The first kappa shape index (κ1) is 18.4. The number of benzene rings is 1. The van der Waals surface area contributed by atoms with E-state index in [1.54, 1.807) is 0 Å². The molecule has 1 aliphatic heterocycles. The van der Waals surface area contributed by atoms with Crippen LogP contribution in [0.25, 0.3) is 11.0 Å². The summed E-state index contributed by atoms with van der Waals surface area (Å²) in [6, 6.07) is 8.46. The van der Waals surface area contributed by atoms with Crippen molar-refractivity contribution in [3.8, 4) is 0 Å². The molecule has 24 heavy (non-hydrogen) atoms. The minimum atomic E-state index is 0.215. The molecule has 5 heteroatoms. The molecule has 2 heterocycles. The van der Waals surface area contributed by atoms with Crippen LogP contribution in [0, 0.1) is 0 Å². The molecule has 1 atom stereocenters. The van der Waals surface area contributed by atoms with Gasteiger partial charge < -0.3 is 15.2 Å². The van der Waals surface area contributed by atoms with Gasteiger partial charge in [-0.15, -0.1) is 0 Å². The van der Waals surface area contributed by atoms with Crippen LogP contribution in [0.5, 0.6) is 0 Å². The molecule has 4 nitrogen and oxygen atoms in total. The molecule has 0 bridgehead atoms. The Morgan fingerprint density at radius 3 is 2.79 bits per heavy atom. The predicted molar refractivity (Wildman–Crippen MR) is 104 cm³/mol. The molecule has 0 aliphatic carbocycles. The number of para-hydroxylation sites is 2. The molecule has 2 N–H and O–H groups in total. The summed E-state index contributed by atoms with van der Waals surface area (Å²) in [6.45, 7) is 7.95. The lowest BCUT2D eigenvalue weighted by Gasteiger charge is -2.19. The highest BCUT2D eigenvalue weighted by Crippen LogP contribution is 2.21. The maximum absolute atomic E-state index is 5.95. The monoisotopic (exact) mass is 346 g/mol. The predicted octanol–water partition coefficient (Wildman–Crippen LogP) is 4.88. The van der Waals surface area contributed by atoms with Crippen LogP contribution in [-0.2, 0) is 6.54 Å². The van der Waals surface area contributed by atoms with E-state index >= 15 is 0 Å². The molecule has 0 saturated carbocycles. The number of aromatic nitrogens is 2. The fraction of sp³-hybridized carbons (Fsp3) is 0.421. The van der Waals surface area contributed by atoms with Crippen LogP contribution in [0.1, 0.15) is 33.6 Å². The van der Waals surface area contributed by atoms with E-state index in [4.69, 9.17) is 16.6 Å². The van der Waals surface area contributed by atoms with Crippen molar-refractivity contribution >= 4 is 28.6 Å². The van der Waals surface area contributed by atoms with Crippen LogP contribution in [0.4, 0.5) is 5.95 Å². The van der Waals surface area contributed by atoms with Gasteiger partial charge >= 0.3 is 0 Å². The number of fused-ring (bicyclic) bond motifs is 1. The van der Waals surface area contributed by atoms with Crippen molar-refractivity contribution in [2.24, 2.45) is 0 Å². The molecule has 0 saturated heterocycles. The van der Waals surface area contributed by atoms with Crippen LogP contribution >= 0.6 is 11.6 Å². The lowest BCUT2D eigenvalue weighted by Crippen LogP contribution is -2.29. The standard InChI is InChI=1S/C17H21ClN4.C2H6/c1-2-3-10-19-17-21-15-6-4-5-7-16(15)22(17)12-14-9-8-13(18)11-20-14;1-2/h4-9,11,14,20H,2-3,10,12H2,1H3,(H,19,21);1-2H3. The highest BCUT2D eigenvalue weighted by molar-refractivity contribution is 6.31. The summed E-state index contributed by atoms with van der Waals surface area (Å²) in [7, 11) is 0. The summed E-state index contributed by atoms with van der Waals surface area (Å²) in [5.41, 5.74) is 2.17. The van der Waals surface area contributed by atoms with Gasteiger partial charge in [-0.25, -0.2) is 4.98 Å². The number of allylic oxidation sites excluding steroid dienone is 2. The molecule has 1 aromatic heterocycles. The SMILES string of the molecule is CC.CCCCNc1nc2ccccc2n1CC1C=CC(Cl)=CN1. The Morgan fingerprint density at radius 1 is 1.29 bits per heavy atom. The summed E-state index contributed by atoms with van der Waals surface area (Å²) in [6.07, 6.45) is 8.18. The van der Waals surface area contributed by atoms with Crippen LogP contribution in [0.15, 0.2) is 47.6 Å². The number of rotatable bonds is 6. The van der Waals surface area contributed by atoms with Crippen LogP contribution in [0.3, 0.4) is 0 Å². The molecule has 1 aromatic carbocycles. The van der Waals surface area contributed by atoms with Crippen molar-refractivity contribution in [2.75, 3.05) is 11.9 Å². The minimum Gasteiger partial charge on any atom is -0.382 e. The van der Waals surface area contributed by atoms with Crippen molar-refractivity contribution in [2.45, 2.75) is 46.2 Å². The fourth-order valence-corrected chi connectivity index (χ4v) is 2.72. The van der Waals surface area contributed by atoms with Crippen molar-refractivity contribution in [1.29, 1.82) is 0 Å². The lowest BCUT2D eigenvalue weighted by molar-refractivity contribution is 0.581. The van der Waals surface area contributed by atoms with E-state index in [0.29, 0.717) is 0 Å². The largest absolute Gasteiger partial charge is 0.382 e. The smallest absolute Gasteiger partial charge is 0.203 e. The zero-order valence-electron chi connectivity index (χ0n) is 14.7. The Hall–Kier alpha value is -1.94. The van der Waals surface area contributed by atoms with Crippen LogP contribution < -0.4 is 10.6 Å². The third kappa shape index (κ3) is 4.54. The topological polar surface area (TPSA) is 41.9 Å². The number of unbranched alkanes of at least 4 members (excludes halogenated alkanes) is 1. The number of hydrogen-bond donors (Lipinski definition) is 2. The normalized spacial score (nSPS) is 16.2. The third-order valence-corrected chi connectivity index (χ3v) is 4.01. The van der Waals surface area contributed by atoms with E-state index in [-0.39, 0.29) is 6.04 Å². The Kier molecular flexibility index (Phi) is 7.19. The van der Waals surface area contributed by atoms with E-state index in [1.165, 1.54) is 6.42 Å². The highest BCUT2D eigenvalue weighted by atomic mass is 35.5. The van der Waals surface area contributed by atoms with Gasteiger partial charge in [-0.05, 0) is 24.6 Å². The number of nitrogens with zero attached hydrogens (tertiary/aromatic N) is 2. The van der Waals surface area contributed by atoms with Gasteiger partial charge in [0.15, 0.2) is 0 Å². The van der Waals surface area contributed by atoms with Gasteiger partial charge in [0.1, 0.15) is 0 Å². The number of nitrogens with one attached hydrogen (secondary N) is 2. The van der Waals surface area contributed by atoms with Crippen molar-refractivity contribution < 1.29 is 0 Å². The Labute approximate surface area is 149 Å². The Bertz CT molecular complexity index is 702. The molecule has 3 rings (SSSR count). The van der Waals surface area contributed by atoms with Crippen LogP contribution in [0.2, 0.25) is 0 Å². The van der Waals surface area contributed by atoms with Gasteiger partial charge in [-0.2, -0.15) is 0 Å². The second kappa shape index (κ2) is 9.38. The van der Waals surface area contributed by atoms with Gasteiger partial charge in [-0.3, -0.25) is 0 Å². The average molecular weight is 347 g/mol. The minimum absolute atomic E-state index is 0.215. The maximum atomic E-state index is 5.95. The van der Waals surface area contributed by atoms with Gasteiger partial charge in [0.2, 0.25) is 5.95 Å². The molecule has 0 spiro atoms. The summed E-state index contributed by atoms with van der Waals surface area (Å²) in [5, 5.41) is 7.50. The van der Waals surface area contributed by atoms with Gasteiger partial charge in [0.05, 0.1) is 22.1 Å². The highest BCUT2D eigenvalue weighted by Gasteiger charge is 2.14. The third-order valence-electron chi connectivity index (χ3n) is 3.77. The molecule has 0 fully saturated rings. The second-order valence-electron chi connectivity index (χ2n) is 5.48. The summed E-state index contributed by atoms with van der Waals surface area (Å²) < 4.78 is 2.24. The summed E-state index contributed by atoms with van der Waals surface area (Å²) >= 11 is 5.95. The molecule has 130 valence electrons. The lowest BCUT2D eigenvalue weighted by atomic mass is 10.2. The van der Waals surface area contributed by atoms with Crippen molar-refractivity contribution in [3.63, 3.8) is 0 Å². The summed E-state index contributed by atoms with van der Waals surface area (Å²) in [4.78, 5) is 4.72. The van der Waals surface area contributed by atoms with Gasteiger partial charge in [-0.1, -0.05) is 57.0 Å². The van der Waals surface area contributed by atoms with E-state index < -0.39 is 0 Å². The number of anilines is 1. The van der Waals surface area contributed by atoms with Crippen LogP contribution in [-0.4, -0.2) is 22.1 Å². The molecule has 1 unspecified atom stereocenters. The maximum Gasteiger partial charge on any atom is 0.203 e. The van der Waals surface area contributed by atoms with Crippen molar-refractivity contribution in [3.05, 3.63) is 47.6 Å². The van der Waals surface area contributed by atoms with E-state index in [0.717, 1.165) is 41.5 Å². The molecular weight excluding hydrogens is 320 g/mol. The zero-order valence-corrected chi connectivity index (χ0v) is 15.5. The van der Waals surface area contributed by atoms with E-state index in [2.05, 4.69) is 46.4 Å². The quantitative estimate of drug-likeness (QED) is 0.732. The molecule has 0 radical (unpaired) electrons. The van der Waals surface area contributed by atoms with Crippen molar-refractivity contribution in [1.82, 2.24) is 14.9 Å². The first-order valence-electron chi connectivity index (χ1n) is 8.77. The van der Waals surface area contributed by atoms with E-state index in [9.17, 15) is 0 Å². The second-order valence-corrected chi connectivity index (χ2v) is 5.91. The summed E-state index contributed by atoms with van der Waals surface area (Å²) in [5.74, 6) is 0.936. The van der Waals surface area contributed by atoms with Gasteiger partial charge in [0, 0.05) is 19.3 Å². The number of imidazole rings is 1. The first-order chi connectivity index (χ1) is 11.8. The zero-order chi connectivity index (χ0) is 17.4. The Balaban J connectivity index is 0.00000100. The molecular formula is C19H27ClN4. The fourth-order valence-electron chi connectivity index (χ4n) is 2.58. The molecule has 2 aromatic rings. The molecule has 0 amide bonds. The Morgan fingerprint density at radius 2 is 2.08 bits per heavy atom. The number of hydrogen-bond acceptors (Lipinski definition) is 3. The first-order valence-corrected chi connectivity index (χ1v) is 9.15. The van der Waals surface area contributed by atoms with E-state index in [1.807, 2.05) is 32.2 Å². The molecule has 1 aliphatic rings. The average Bonchev–Trinajstić information content (AvgIpc) is 2.97. The van der Waals surface area contributed by atoms with Gasteiger partial charge in [0.25, 0.3) is 0 Å². The number of dihydropyridines is 1.